The van der Waals surface area contributed by atoms with Gasteiger partial charge in [-0.05, 0) is 29.3 Å². The van der Waals surface area contributed by atoms with E-state index in [-0.39, 0.29) is 19.0 Å². The minimum absolute atomic E-state index is 0.262. The number of hydrogen-bond donors (Lipinski definition) is 1. The molecule has 2 aromatic rings. The third-order valence-electron chi connectivity index (χ3n) is 3.41. The predicted octanol–water partition coefficient (Wildman–Crippen LogP) is 2.89. The number of halogens is 1. The van der Waals surface area contributed by atoms with Crippen LogP contribution in [0.2, 0.25) is 5.02 Å². The van der Waals surface area contributed by atoms with Gasteiger partial charge in [-0.15, -0.1) is 0 Å². The zero-order valence-electron chi connectivity index (χ0n) is 13.7. The molecule has 0 heterocycles. The standard InChI is InChI=1S/C18H19ClN2O3S/c1-21(25(23,24)11-10-15-6-3-2-4-7-15)14-18(22)20-13-16-8-5-9-17(19)12-16/h2-12H,13-14H2,1H3,(H,20,22)/b11-10+. The van der Waals surface area contributed by atoms with E-state index in [1.807, 2.05) is 24.3 Å². The molecule has 7 heteroatoms. The average molecular weight is 379 g/mol. The van der Waals surface area contributed by atoms with Gasteiger partial charge in [-0.25, -0.2) is 8.42 Å². The van der Waals surface area contributed by atoms with Crippen LogP contribution in [0.4, 0.5) is 0 Å². The fraction of sp³-hybridized carbons (Fsp3) is 0.167. The molecule has 2 aromatic carbocycles. The first-order valence-corrected chi connectivity index (χ1v) is 9.45. The van der Waals surface area contributed by atoms with Gasteiger partial charge in [0.15, 0.2) is 0 Å². The second kappa shape index (κ2) is 8.80. The SMILES string of the molecule is CN(CC(=O)NCc1cccc(Cl)c1)S(=O)(=O)/C=C/c1ccccc1. The molecule has 132 valence electrons. The largest absolute Gasteiger partial charge is 0.351 e. The highest BCUT2D eigenvalue weighted by atomic mass is 35.5. The number of carbonyl (C=O) groups is 1. The number of carbonyl (C=O) groups excluding carboxylic acids is 1. The van der Waals surface area contributed by atoms with Crippen molar-refractivity contribution in [3.8, 4) is 0 Å². The molecule has 0 fully saturated rings. The fourth-order valence-electron chi connectivity index (χ4n) is 2.03. The van der Waals surface area contributed by atoms with Gasteiger partial charge in [0.2, 0.25) is 15.9 Å². The van der Waals surface area contributed by atoms with Crippen molar-refractivity contribution in [1.82, 2.24) is 9.62 Å². The summed E-state index contributed by atoms with van der Waals surface area (Å²) in [6, 6.07) is 16.2. The van der Waals surface area contributed by atoms with Crippen molar-refractivity contribution in [3.05, 3.63) is 76.2 Å². The van der Waals surface area contributed by atoms with Crippen molar-refractivity contribution in [1.29, 1.82) is 0 Å². The third-order valence-corrected chi connectivity index (χ3v) is 5.12. The molecule has 0 aliphatic heterocycles. The molecule has 0 unspecified atom stereocenters. The van der Waals surface area contributed by atoms with Gasteiger partial charge >= 0.3 is 0 Å². The highest BCUT2D eigenvalue weighted by Gasteiger charge is 2.17. The van der Waals surface area contributed by atoms with E-state index in [0.717, 1.165) is 20.8 Å². The van der Waals surface area contributed by atoms with Gasteiger partial charge in [0, 0.05) is 24.0 Å². The Morgan fingerprint density at radius 2 is 1.88 bits per heavy atom. The summed E-state index contributed by atoms with van der Waals surface area (Å²) >= 11 is 5.88. The van der Waals surface area contributed by atoms with Gasteiger partial charge < -0.3 is 5.32 Å². The molecule has 2 rings (SSSR count). The Morgan fingerprint density at radius 3 is 2.56 bits per heavy atom. The number of benzene rings is 2. The van der Waals surface area contributed by atoms with E-state index >= 15 is 0 Å². The maximum atomic E-state index is 12.2. The molecule has 0 aliphatic carbocycles. The summed E-state index contributed by atoms with van der Waals surface area (Å²) in [7, 11) is -2.31. The smallest absolute Gasteiger partial charge is 0.236 e. The number of rotatable bonds is 7. The minimum Gasteiger partial charge on any atom is -0.351 e. The number of amides is 1. The third kappa shape index (κ3) is 6.34. The van der Waals surface area contributed by atoms with E-state index in [4.69, 9.17) is 11.6 Å². The van der Waals surface area contributed by atoms with Gasteiger partial charge in [-0.3, -0.25) is 4.79 Å². The number of hydrogen-bond acceptors (Lipinski definition) is 3. The van der Waals surface area contributed by atoms with Crippen LogP contribution in [0, 0.1) is 0 Å². The number of nitrogens with zero attached hydrogens (tertiary/aromatic N) is 1. The monoisotopic (exact) mass is 378 g/mol. The maximum Gasteiger partial charge on any atom is 0.236 e. The summed E-state index contributed by atoms with van der Waals surface area (Å²) in [5.41, 5.74) is 1.61. The molecule has 1 N–H and O–H groups in total. The number of likely N-dealkylation sites (N-methyl/N-ethyl adjacent to an activating group) is 1. The molecule has 0 saturated carbocycles. The lowest BCUT2D eigenvalue weighted by Crippen LogP contribution is -2.37. The van der Waals surface area contributed by atoms with E-state index in [1.165, 1.54) is 13.1 Å². The summed E-state index contributed by atoms with van der Waals surface area (Å²) in [5, 5.41) is 4.35. The van der Waals surface area contributed by atoms with Gasteiger partial charge in [-0.1, -0.05) is 54.1 Å². The van der Waals surface area contributed by atoms with Gasteiger partial charge in [0.25, 0.3) is 0 Å². The van der Waals surface area contributed by atoms with Crippen molar-refractivity contribution in [3.63, 3.8) is 0 Å². The Balaban J connectivity index is 1.90. The van der Waals surface area contributed by atoms with Gasteiger partial charge in [0.05, 0.1) is 6.54 Å². The lowest BCUT2D eigenvalue weighted by atomic mass is 10.2. The predicted molar refractivity (Wildman–Crippen MR) is 100 cm³/mol. The van der Waals surface area contributed by atoms with E-state index in [0.29, 0.717) is 5.02 Å². The summed E-state index contributed by atoms with van der Waals surface area (Å²) in [6.07, 6.45) is 1.50. The van der Waals surface area contributed by atoms with Crippen LogP contribution in [0.5, 0.6) is 0 Å². The minimum atomic E-state index is -3.67. The second-order valence-corrected chi connectivity index (χ2v) is 7.78. The van der Waals surface area contributed by atoms with Crippen LogP contribution in [-0.4, -0.2) is 32.2 Å². The first kappa shape index (κ1) is 19.2. The van der Waals surface area contributed by atoms with Crippen LogP contribution in [0.3, 0.4) is 0 Å². The normalized spacial score (nSPS) is 11.8. The van der Waals surface area contributed by atoms with Crippen LogP contribution in [-0.2, 0) is 21.4 Å². The number of sulfonamides is 1. The quantitative estimate of drug-likeness (QED) is 0.805. The van der Waals surface area contributed by atoms with E-state index in [9.17, 15) is 13.2 Å². The molecular formula is C18H19ClN2O3S. The molecular weight excluding hydrogens is 360 g/mol. The van der Waals surface area contributed by atoms with Crippen LogP contribution in [0.1, 0.15) is 11.1 Å². The summed E-state index contributed by atoms with van der Waals surface area (Å²) in [4.78, 5) is 12.0. The lowest BCUT2D eigenvalue weighted by molar-refractivity contribution is -0.121. The molecule has 1 amide bonds. The van der Waals surface area contributed by atoms with Crippen LogP contribution < -0.4 is 5.32 Å². The Kier molecular flexibility index (Phi) is 6.75. The van der Waals surface area contributed by atoms with Crippen molar-refractivity contribution in [2.45, 2.75) is 6.54 Å². The van der Waals surface area contributed by atoms with Gasteiger partial charge in [-0.2, -0.15) is 4.31 Å². The topological polar surface area (TPSA) is 66.5 Å². The molecule has 0 radical (unpaired) electrons. The fourth-order valence-corrected chi connectivity index (χ4v) is 3.08. The van der Waals surface area contributed by atoms with Gasteiger partial charge in [0.1, 0.15) is 0 Å². The molecule has 0 bridgehead atoms. The zero-order chi connectivity index (χ0) is 18.3. The second-order valence-electron chi connectivity index (χ2n) is 5.42. The molecule has 25 heavy (non-hydrogen) atoms. The van der Waals surface area contributed by atoms with Crippen LogP contribution in [0.15, 0.2) is 60.0 Å². The first-order chi connectivity index (χ1) is 11.9. The summed E-state index contributed by atoms with van der Waals surface area (Å²) < 4.78 is 25.4. The molecule has 5 nitrogen and oxygen atoms in total. The Bertz CT molecular complexity index is 852. The van der Waals surface area contributed by atoms with Crippen molar-refractivity contribution in [2.24, 2.45) is 0 Å². The molecule has 0 aliphatic rings. The Labute approximate surface area is 153 Å². The highest BCUT2D eigenvalue weighted by Crippen LogP contribution is 2.10. The maximum absolute atomic E-state index is 12.2. The highest BCUT2D eigenvalue weighted by molar-refractivity contribution is 7.92. The van der Waals surface area contributed by atoms with Crippen molar-refractivity contribution < 1.29 is 13.2 Å². The van der Waals surface area contributed by atoms with Crippen LogP contribution in [0.25, 0.3) is 6.08 Å². The van der Waals surface area contributed by atoms with Crippen molar-refractivity contribution in [2.75, 3.05) is 13.6 Å². The molecule has 0 atom stereocenters. The summed E-state index contributed by atoms with van der Waals surface area (Å²) in [6.45, 7) is 0.0230. The number of nitrogens with one attached hydrogen (secondary N) is 1. The first-order valence-electron chi connectivity index (χ1n) is 7.57. The van der Waals surface area contributed by atoms with Crippen molar-refractivity contribution >= 4 is 33.6 Å². The molecule has 0 aromatic heterocycles. The average Bonchev–Trinajstić information content (AvgIpc) is 2.59. The Morgan fingerprint density at radius 1 is 1.16 bits per heavy atom. The molecule has 0 saturated heterocycles. The van der Waals surface area contributed by atoms with Crippen LogP contribution >= 0.6 is 11.6 Å². The van der Waals surface area contributed by atoms with E-state index < -0.39 is 10.0 Å². The molecule has 0 spiro atoms. The van der Waals surface area contributed by atoms with E-state index in [2.05, 4.69) is 5.32 Å². The Hall–Kier alpha value is -2.15. The summed E-state index contributed by atoms with van der Waals surface area (Å²) in [5.74, 6) is -0.390. The zero-order valence-corrected chi connectivity index (χ0v) is 15.3. The van der Waals surface area contributed by atoms with E-state index in [1.54, 1.807) is 30.3 Å². The lowest BCUT2D eigenvalue weighted by Gasteiger charge is -2.14.